The zero-order valence-corrected chi connectivity index (χ0v) is 13.5. The Labute approximate surface area is 134 Å². The van der Waals surface area contributed by atoms with Gasteiger partial charge in [0.05, 0.1) is 17.9 Å². The van der Waals surface area contributed by atoms with Gasteiger partial charge in [0.2, 0.25) is 5.78 Å². The molecule has 0 radical (unpaired) electrons. The number of alkyl halides is 3. The van der Waals surface area contributed by atoms with Crippen LogP contribution in [0.25, 0.3) is 12.2 Å². The lowest BCUT2D eigenvalue weighted by Gasteiger charge is -1.97. The fourth-order valence-electron chi connectivity index (χ4n) is 1.66. The molecule has 0 bridgehead atoms. The molecular weight excluding hydrogens is 358 g/mol. The number of aromatic nitrogens is 1. The molecule has 0 aliphatic rings. The third-order valence-electron chi connectivity index (χ3n) is 2.60. The summed E-state index contributed by atoms with van der Waals surface area (Å²) in [5.74, 6) is -0.507. The number of nitrogens with zero attached hydrogens (tertiary/aromatic N) is 1. The highest BCUT2D eigenvalue weighted by molar-refractivity contribution is 9.09. The van der Waals surface area contributed by atoms with Crippen molar-refractivity contribution >= 4 is 33.9 Å². The second-order valence-corrected chi connectivity index (χ2v) is 5.89. The number of nitrogens with one attached hydrogen (secondary N) is 1. The van der Waals surface area contributed by atoms with Gasteiger partial charge in [-0.15, -0.1) is 0 Å². The van der Waals surface area contributed by atoms with Gasteiger partial charge in [0.25, 0.3) is 6.43 Å². The third-order valence-corrected chi connectivity index (χ3v) is 2.86. The van der Waals surface area contributed by atoms with Crippen LogP contribution in [0, 0.1) is 11.3 Å². The SMILES string of the molecule is C=C(C#N)C(=O)c1cc(=C/COCC(F)F)/c(=C\C(C)Br)[nH]1. The van der Waals surface area contributed by atoms with Crippen LogP contribution in [0.5, 0.6) is 0 Å². The molecule has 1 N–H and O–H groups in total. The van der Waals surface area contributed by atoms with Gasteiger partial charge in [0.15, 0.2) is 0 Å². The molecule has 1 unspecified atom stereocenters. The molecule has 0 amide bonds. The van der Waals surface area contributed by atoms with Gasteiger partial charge in [0, 0.05) is 10.2 Å². The summed E-state index contributed by atoms with van der Waals surface area (Å²) < 4.78 is 28.8. The van der Waals surface area contributed by atoms with Crippen molar-refractivity contribution < 1.29 is 18.3 Å². The van der Waals surface area contributed by atoms with Crippen LogP contribution in [0.1, 0.15) is 17.4 Å². The highest BCUT2D eigenvalue weighted by atomic mass is 79.9. The molecule has 4 nitrogen and oxygen atoms in total. The summed E-state index contributed by atoms with van der Waals surface area (Å²) in [6.45, 7) is 4.60. The standard InChI is InChI=1S/C15H15BrF2N2O2/c1-9(7-19)15(21)13-6-11(3-4-22-8-14(17)18)12(20-13)5-10(2)16/h3,5-6,10,14,20H,1,4,8H2,2H3/b11-3-,12-5+. The van der Waals surface area contributed by atoms with Crippen molar-refractivity contribution in [1.29, 1.82) is 5.26 Å². The lowest BCUT2D eigenvalue weighted by Crippen LogP contribution is -2.24. The summed E-state index contributed by atoms with van der Waals surface area (Å²) in [6, 6.07) is 3.24. The zero-order chi connectivity index (χ0) is 16.7. The number of hydrogen-bond donors (Lipinski definition) is 1. The summed E-state index contributed by atoms with van der Waals surface area (Å²) in [7, 11) is 0. The van der Waals surface area contributed by atoms with Gasteiger partial charge < -0.3 is 9.72 Å². The maximum atomic E-state index is 12.0. The monoisotopic (exact) mass is 372 g/mol. The Balaban J connectivity index is 3.12. The first-order chi connectivity index (χ1) is 10.3. The van der Waals surface area contributed by atoms with Crippen molar-refractivity contribution in [3.05, 3.63) is 34.5 Å². The average molecular weight is 373 g/mol. The first-order valence-electron chi connectivity index (χ1n) is 6.40. The smallest absolute Gasteiger partial charge is 0.261 e. The minimum absolute atomic E-state index is 0.00741. The second kappa shape index (κ2) is 8.61. The average Bonchev–Trinajstić information content (AvgIpc) is 2.84. The van der Waals surface area contributed by atoms with Gasteiger partial charge in [-0.2, -0.15) is 5.26 Å². The number of nitriles is 1. The van der Waals surface area contributed by atoms with Crippen molar-refractivity contribution in [2.75, 3.05) is 13.2 Å². The topological polar surface area (TPSA) is 65.9 Å². The third kappa shape index (κ3) is 5.54. The van der Waals surface area contributed by atoms with E-state index in [1.54, 1.807) is 12.1 Å². The molecule has 0 spiro atoms. The van der Waals surface area contributed by atoms with Crippen LogP contribution in [0.2, 0.25) is 0 Å². The van der Waals surface area contributed by atoms with Crippen LogP contribution in [0.3, 0.4) is 0 Å². The Kier molecular flexibility index (Phi) is 7.15. The maximum absolute atomic E-state index is 12.0. The molecule has 1 aromatic rings. The summed E-state index contributed by atoms with van der Waals surface area (Å²) in [4.78, 5) is 14.8. The first kappa shape index (κ1) is 18.3. The number of carbonyl (C=O) groups excluding carboxylic acids is 1. The van der Waals surface area contributed by atoms with Crippen molar-refractivity contribution in [2.24, 2.45) is 0 Å². The lowest BCUT2D eigenvalue weighted by molar-refractivity contribution is 0.0315. The summed E-state index contributed by atoms with van der Waals surface area (Å²) >= 11 is 3.36. The van der Waals surface area contributed by atoms with Crippen LogP contribution < -0.4 is 10.6 Å². The van der Waals surface area contributed by atoms with Gasteiger partial charge in [-0.3, -0.25) is 4.79 Å². The molecule has 1 heterocycles. The van der Waals surface area contributed by atoms with Crippen molar-refractivity contribution in [3.63, 3.8) is 0 Å². The highest BCUT2D eigenvalue weighted by Gasteiger charge is 2.11. The van der Waals surface area contributed by atoms with Crippen LogP contribution in [0.15, 0.2) is 18.2 Å². The van der Waals surface area contributed by atoms with Crippen molar-refractivity contribution in [3.8, 4) is 6.07 Å². The van der Waals surface area contributed by atoms with E-state index in [4.69, 9.17) is 10.00 Å². The van der Waals surface area contributed by atoms with E-state index >= 15 is 0 Å². The molecule has 7 heteroatoms. The van der Waals surface area contributed by atoms with Gasteiger partial charge in [-0.25, -0.2) is 8.78 Å². The number of carbonyl (C=O) groups is 1. The molecule has 0 aliphatic heterocycles. The molecule has 0 saturated heterocycles. The van der Waals surface area contributed by atoms with Gasteiger partial charge in [-0.1, -0.05) is 22.5 Å². The molecule has 22 heavy (non-hydrogen) atoms. The minimum atomic E-state index is -2.52. The van der Waals surface area contributed by atoms with Crippen molar-refractivity contribution in [2.45, 2.75) is 18.2 Å². The summed E-state index contributed by atoms with van der Waals surface area (Å²) in [5, 5.41) is 9.99. The molecule has 0 saturated carbocycles. The highest BCUT2D eigenvalue weighted by Crippen LogP contribution is 2.01. The predicted molar refractivity (Wildman–Crippen MR) is 83.3 cm³/mol. The lowest BCUT2D eigenvalue weighted by atomic mass is 10.1. The Morgan fingerprint density at radius 3 is 2.86 bits per heavy atom. The summed E-state index contributed by atoms with van der Waals surface area (Å²) in [5.41, 5.74) is 0.0336. The molecule has 0 aromatic carbocycles. The van der Waals surface area contributed by atoms with Crippen LogP contribution in [0.4, 0.5) is 8.78 Å². The molecule has 118 valence electrons. The maximum Gasteiger partial charge on any atom is 0.261 e. The summed E-state index contributed by atoms with van der Waals surface area (Å²) in [6.07, 6.45) is 0.876. The predicted octanol–water partition coefficient (Wildman–Crippen LogP) is 1.90. The first-order valence-corrected chi connectivity index (χ1v) is 7.31. The molecule has 1 rings (SSSR count). The van der Waals surface area contributed by atoms with Crippen LogP contribution in [-0.4, -0.2) is 35.2 Å². The molecule has 0 aliphatic carbocycles. The number of Topliss-reactive ketones (excluding diaryl/α,β-unsaturated/α-hetero) is 1. The fourth-order valence-corrected chi connectivity index (χ4v) is 1.93. The largest absolute Gasteiger partial charge is 0.371 e. The fraction of sp³-hybridized carbons (Fsp3) is 0.333. The van der Waals surface area contributed by atoms with Gasteiger partial charge in [-0.05, 0) is 30.4 Å². The number of rotatable bonds is 7. The minimum Gasteiger partial charge on any atom is -0.371 e. The van der Waals surface area contributed by atoms with E-state index in [1.165, 1.54) is 6.07 Å². The second-order valence-electron chi connectivity index (χ2n) is 4.45. The number of allylic oxidation sites excluding steroid dienone is 1. The quantitative estimate of drug-likeness (QED) is 0.261. The van der Waals surface area contributed by atoms with E-state index in [2.05, 4.69) is 27.5 Å². The van der Waals surface area contributed by atoms with E-state index in [9.17, 15) is 13.6 Å². The van der Waals surface area contributed by atoms with E-state index in [1.807, 2.05) is 13.0 Å². The van der Waals surface area contributed by atoms with Gasteiger partial charge >= 0.3 is 0 Å². The number of ketones is 1. The van der Waals surface area contributed by atoms with E-state index in [-0.39, 0.29) is 22.7 Å². The Hall–Kier alpha value is -1.78. The Morgan fingerprint density at radius 1 is 1.64 bits per heavy atom. The van der Waals surface area contributed by atoms with Crippen LogP contribution in [-0.2, 0) is 4.74 Å². The molecule has 1 aromatic heterocycles. The number of ether oxygens (including phenoxy) is 1. The molecule has 1 atom stereocenters. The Morgan fingerprint density at radius 2 is 2.32 bits per heavy atom. The molecule has 0 fully saturated rings. The van der Waals surface area contributed by atoms with E-state index in [0.717, 1.165) is 0 Å². The van der Waals surface area contributed by atoms with Crippen LogP contribution >= 0.6 is 15.9 Å². The number of halogens is 3. The molecular formula is C15H15BrF2N2O2. The number of hydrogen-bond acceptors (Lipinski definition) is 3. The van der Waals surface area contributed by atoms with Gasteiger partial charge in [0.1, 0.15) is 12.7 Å². The van der Waals surface area contributed by atoms with E-state index < -0.39 is 18.8 Å². The Bertz CT molecular complexity index is 702. The number of aromatic amines is 1. The zero-order valence-electron chi connectivity index (χ0n) is 11.9. The number of H-pyrrole nitrogens is 1. The van der Waals surface area contributed by atoms with Crippen molar-refractivity contribution in [1.82, 2.24) is 4.98 Å². The normalized spacial score (nSPS) is 14.2. The van der Waals surface area contributed by atoms with E-state index in [0.29, 0.717) is 10.6 Å².